The number of carbonyl (C=O) groups excluding carboxylic acids is 3. The highest BCUT2D eigenvalue weighted by Crippen LogP contribution is 2.32. The van der Waals surface area contributed by atoms with Gasteiger partial charge in [-0.3, -0.25) is 14.4 Å². The van der Waals surface area contributed by atoms with Crippen molar-refractivity contribution in [2.75, 3.05) is 33.9 Å². The van der Waals surface area contributed by atoms with E-state index in [1.165, 1.54) is 19.1 Å². The van der Waals surface area contributed by atoms with Crippen molar-refractivity contribution in [1.29, 1.82) is 5.41 Å². The summed E-state index contributed by atoms with van der Waals surface area (Å²) in [6, 6.07) is 15.3. The molecule has 1 aliphatic rings. The van der Waals surface area contributed by atoms with E-state index in [-0.39, 0.29) is 44.2 Å². The summed E-state index contributed by atoms with van der Waals surface area (Å²) >= 11 is 0. The van der Waals surface area contributed by atoms with Crippen molar-refractivity contribution in [3.8, 4) is 11.5 Å². The molecule has 0 radical (unpaired) electrons. The molecule has 1 saturated heterocycles. The molecule has 3 rings (SSSR count). The molecule has 0 bridgehead atoms. The number of hydrogen-bond donors (Lipinski definition) is 4. The van der Waals surface area contributed by atoms with Gasteiger partial charge in [0.05, 0.1) is 12.6 Å². The fourth-order valence-corrected chi connectivity index (χ4v) is 4.42. The van der Waals surface area contributed by atoms with Gasteiger partial charge in [-0.1, -0.05) is 36.4 Å². The van der Waals surface area contributed by atoms with Crippen LogP contribution in [0.4, 0.5) is 0 Å². The van der Waals surface area contributed by atoms with Crippen LogP contribution in [-0.4, -0.2) is 73.8 Å². The fourth-order valence-electron chi connectivity index (χ4n) is 4.42. The number of nitrogens with one attached hydrogen (secondary N) is 3. The molecule has 0 unspecified atom stereocenters. The highest BCUT2D eigenvalue weighted by atomic mass is 16.5. The van der Waals surface area contributed by atoms with Gasteiger partial charge >= 0.3 is 0 Å². The minimum Gasteiger partial charge on any atom is -0.497 e. The number of benzene rings is 2. The zero-order valence-corrected chi connectivity index (χ0v) is 22.4. The summed E-state index contributed by atoms with van der Waals surface area (Å²) in [6.45, 7) is 3.17. The third-order valence-corrected chi connectivity index (χ3v) is 6.64. The number of hydrogen-bond acceptors (Lipinski definition) is 7. The van der Waals surface area contributed by atoms with E-state index >= 15 is 0 Å². The molecular formula is C28H37N5O5. The van der Waals surface area contributed by atoms with Gasteiger partial charge in [-0.15, -0.1) is 0 Å². The molecule has 1 aliphatic heterocycles. The Balaban J connectivity index is 1.88. The first-order valence-corrected chi connectivity index (χ1v) is 12.5. The predicted molar refractivity (Wildman–Crippen MR) is 144 cm³/mol. The molecule has 2 aromatic carbocycles. The van der Waals surface area contributed by atoms with E-state index < -0.39 is 28.8 Å². The number of methoxy groups -OCH3 is 1. The molecule has 0 spiro atoms. The van der Waals surface area contributed by atoms with E-state index in [9.17, 15) is 14.4 Å². The molecule has 2 atom stereocenters. The highest BCUT2D eigenvalue weighted by Gasteiger charge is 2.48. The van der Waals surface area contributed by atoms with Gasteiger partial charge in [-0.05, 0) is 38.0 Å². The third-order valence-electron chi connectivity index (χ3n) is 6.64. The lowest BCUT2D eigenvalue weighted by Crippen LogP contribution is -2.63. The molecule has 5 N–H and O–H groups in total. The number of rotatable bonds is 10. The molecule has 2 aromatic rings. The van der Waals surface area contributed by atoms with Crippen LogP contribution in [0.15, 0.2) is 54.6 Å². The average molecular weight is 524 g/mol. The van der Waals surface area contributed by atoms with Gasteiger partial charge in [0.25, 0.3) is 0 Å². The van der Waals surface area contributed by atoms with Crippen molar-refractivity contribution in [2.24, 2.45) is 11.1 Å². The van der Waals surface area contributed by atoms with Crippen LogP contribution in [0, 0.1) is 10.8 Å². The Morgan fingerprint density at radius 2 is 1.82 bits per heavy atom. The van der Waals surface area contributed by atoms with Crippen LogP contribution in [0.25, 0.3) is 0 Å². The minimum absolute atomic E-state index is 0.00319. The summed E-state index contributed by atoms with van der Waals surface area (Å²) in [5.41, 5.74) is 4.67. The number of piperidine rings is 1. The second-order valence-corrected chi connectivity index (χ2v) is 10.0. The number of ether oxygens (including phenoxy) is 2. The maximum absolute atomic E-state index is 13.8. The normalized spacial score (nSPS) is 18.3. The number of nitrogens with zero attached hydrogens (tertiary/aromatic N) is 1. The number of likely N-dealkylation sites (tertiary alicyclic amines) is 1. The molecule has 10 nitrogen and oxygen atoms in total. The first-order valence-electron chi connectivity index (χ1n) is 12.5. The van der Waals surface area contributed by atoms with Crippen LogP contribution in [0.2, 0.25) is 0 Å². The van der Waals surface area contributed by atoms with Gasteiger partial charge < -0.3 is 36.2 Å². The number of carbonyl (C=O) groups is 3. The van der Waals surface area contributed by atoms with Crippen LogP contribution in [0.3, 0.4) is 0 Å². The molecule has 10 heteroatoms. The van der Waals surface area contributed by atoms with Crippen molar-refractivity contribution in [1.82, 2.24) is 15.5 Å². The van der Waals surface area contributed by atoms with Crippen LogP contribution in [-0.2, 0) is 20.8 Å². The summed E-state index contributed by atoms with van der Waals surface area (Å²) in [6.07, 6.45) is 0.495. The molecular weight excluding hydrogens is 486 g/mol. The van der Waals surface area contributed by atoms with Crippen LogP contribution in [0.5, 0.6) is 11.5 Å². The smallest absolute Gasteiger partial charge is 0.248 e. The summed E-state index contributed by atoms with van der Waals surface area (Å²) in [5, 5.41) is 14.1. The van der Waals surface area contributed by atoms with Crippen LogP contribution < -0.4 is 25.8 Å². The fraction of sp³-hybridized carbons (Fsp3) is 0.429. The monoisotopic (exact) mass is 523 g/mol. The van der Waals surface area contributed by atoms with E-state index in [2.05, 4.69) is 10.6 Å². The van der Waals surface area contributed by atoms with Gasteiger partial charge in [0.1, 0.15) is 29.6 Å². The molecule has 3 amide bonds. The SMILES string of the molecule is CNC(=O)[C@]1(Cc2ccccc2)CN(C(=O)[C@@H](COc2cccc(OC)c2)NC(=O)C(C)(C)N)CCC1=N. The second kappa shape index (κ2) is 12.1. The standard InChI is InChI=1S/C28H37N5O5/c1-27(2,30)25(35)32-22(17-38-21-12-8-11-20(15-21)37-4)24(34)33-14-13-23(29)28(18-33,26(36)31-3)16-19-9-6-5-7-10-19/h5-12,15,22,29H,13-14,16-18,30H2,1-4H3,(H,31,36)(H,32,35)/t22-,28-/m1/s1. The molecule has 0 saturated carbocycles. The average Bonchev–Trinajstić information content (AvgIpc) is 2.91. The Labute approximate surface area is 223 Å². The van der Waals surface area contributed by atoms with Gasteiger partial charge in [0.2, 0.25) is 17.7 Å². The highest BCUT2D eigenvalue weighted by molar-refractivity contribution is 6.09. The van der Waals surface area contributed by atoms with E-state index in [4.69, 9.17) is 20.6 Å². The topological polar surface area (TPSA) is 147 Å². The van der Waals surface area contributed by atoms with Crippen molar-refractivity contribution >= 4 is 23.4 Å². The van der Waals surface area contributed by atoms with E-state index in [1.54, 1.807) is 38.1 Å². The second-order valence-electron chi connectivity index (χ2n) is 10.0. The molecule has 0 aromatic heterocycles. The zero-order chi connectivity index (χ0) is 27.9. The Bertz CT molecular complexity index is 1150. The summed E-state index contributed by atoms with van der Waals surface area (Å²) in [4.78, 5) is 41.3. The lowest BCUT2D eigenvalue weighted by molar-refractivity contribution is -0.141. The lowest BCUT2D eigenvalue weighted by Gasteiger charge is -2.43. The zero-order valence-electron chi connectivity index (χ0n) is 22.4. The Kier molecular flexibility index (Phi) is 9.11. The van der Waals surface area contributed by atoms with Gasteiger partial charge in [0.15, 0.2) is 0 Å². The number of nitrogens with two attached hydrogens (primary N) is 1. The quantitative estimate of drug-likeness (QED) is 0.371. The lowest BCUT2D eigenvalue weighted by atomic mass is 9.72. The van der Waals surface area contributed by atoms with Crippen LogP contribution >= 0.6 is 0 Å². The molecule has 1 heterocycles. The molecule has 204 valence electrons. The first-order chi connectivity index (χ1) is 18.0. The van der Waals surface area contributed by atoms with Crippen molar-refractivity contribution in [3.63, 3.8) is 0 Å². The van der Waals surface area contributed by atoms with E-state index in [0.717, 1.165) is 5.56 Å². The first kappa shape index (κ1) is 28.6. The summed E-state index contributed by atoms with van der Waals surface area (Å²) in [5.74, 6) is -0.216. The number of amides is 3. The van der Waals surface area contributed by atoms with Crippen molar-refractivity contribution in [3.05, 3.63) is 60.2 Å². The van der Waals surface area contributed by atoms with E-state index in [0.29, 0.717) is 11.5 Å². The van der Waals surface area contributed by atoms with Gasteiger partial charge in [-0.25, -0.2) is 0 Å². The van der Waals surface area contributed by atoms with Crippen molar-refractivity contribution < 1.29 is 23.9 Å². The van der Waals surface area contributed by atoms with Gasteiger partial charge in [0, 0.05) is 38.3 Å². The Hall–Kier alpha value is -3.92. The van der Waals surface area contributed by atoms with Crippen LogP contribution in [0.1, 0.15) is 25.8 Å². The largest absolute Gasteiger partial charge is 0.497 e. The van der Waals surface area contributed by atoms with Crippen molar-refractivity contribution in [2.45, 2.75) is 38.3 Å². The van der Waals surface area contributed by atoms with E-state index in [1.807, 2.05) is 30.3 Å². The maximum atomic E-state index is 13.8. The Morgan fingerprint density at radius 1 is 1.13 bits per heavy atom. The predicted octanol–water partition coefficient (Wildman–Crippen LogP) is 1.52. The summed E-state index contributed by atoms with van der Waals surface area (Å²) in [7, 11) is 3.06. The summed E-state index contributed by atoms with van der Waals surface area (Å²) < 4.78 is 11.1. The Morgan fingerprint density at radius 3 is 2.45 bits per heavy atom. The molecule has 1 fully saturated rings. The maximum Gasteiger partial charge on any atom is 0.248 e. The third kappa shape index (κ3) is 6.69. The minimum atomic E-state index is -1.24. The molecule has 0 aliphatic carbocycles. The molecule has 38 heavy (non-hydrogen) atoms. The van der Waals surface area contributed by atoms with Gasteiger partial charge in [-0.2, -0.15) is 0 Å².